The summed E-state index contributed by atoms with van der Waals surface area (Å²) in [4.78, 5) is 12.0. The van der Waals surface area contributed by atoms with E-state index in [4.69, 9.17) is 0 Å². The number of alkyl halides is 2. The molecule has 106 valence electrons. The van der Waals surface area contributed by atoms with Crippen LogP contribution in [0.15, 0.2) is 36.5 Å². The molecule has 0 radical (unpaired) electrons. The van der Waals surface area contributed by atoms with Gasteiger partial charge in [-0.15, -0.1) is 0 Å². The Morgan fingerprint density at radius 2 is 2.15 bits per heavy atom. The van der Waals surface area contributed by atoms with Crippen molar-refractivity contribution < 1.29 is 18.7 Å². The number of aromatic hydroxyl groups is 1. The van der Waals surface area contributed by atoms with Crippen molar-refractivity contribution in [2.45, 2.75) is 19.9 Å². The molecule has 0 aliphatic rings. The number of hydrogen-bond acceptors (Lipinski definition) is 2. The van der Waals surface area contributed by atoms with Gasteiger partial charge in [0, 0.05) is 11.9 Å². The molecule has 0 spiro atoms. The van der Waals surface area contributed by atoms with Crippen LogP contribution in [0.25, 0.3) is 0 Å². The third-order valence-corrected chi connectivity index (χ3v) is 2.85. The molecule has 2 rings (SSSR count). The van der Waals surface area contributed by atoms with Gasteiger partial charge < -0.3 is 15.0 Å². The summed E-state index contributed by atoms with van der Waals surface area (Å²) in [5.41, 5.74) is 1.27. The predicted octanol–water partition coefficient (Wildman–Crippen LogP) is 3.02. The molecule has 2 N–H and O–H groups in total. The van der Waals surface area contributed by atoms with E-state index in [1.165, 1.54) is 22.9 Å². The second-order valence-corrected chi connectivity index (χ2v) is 4.39. The lowest BCUT2D eigenvalue weighted by molar-refractivity contribution is 0.0997. The highest BCUT2D eigenvalue weighted by Crippen LogP contribution is 2.20. The number of aryl methyl sites for hydroxylation is 1. The van der Waals surface area contributed by atoms with E-state index in [1.807, 2.05) is 0 Å². The molecule has 0 saturated heterocycles. The first kappa shape index (κ1) is 14.0. The lowest BCUT2D eigenvalue weighted by atomic mass is 10.2. The number of aromatic nitrogens is 1. The molecule has 0 atom stereocenters. The molecule has 0 saturated carbocycles. The third-order valence-electron chi connectivity index (χ3n) is 2.85. The first-order chi connectivity index (χ1) is 9.47. The molecular formula is C14H14F2N2O2. The van der Waals surface area contributed by atoms with Gasteiger partial charge in [-0.3, -0.25) is 4.79 Å². The Labute approximate surface area is 114 Å². The predicted molar refractivity (Wildman–Crippen MR) is 71.2 cm³/mol. The second-order valence-electron chi connectivity index (χ2n) is 4.39. The summed E-state index contributed by atoms with van der Waals surface area (Å²) in [7, 11) is 0. The van der Waals surface area contributed by atoms with Crippen molar-refractivity contribution in [3.05, 3.63) is 47.8 Å². The highest BCUT2D eigenvalue weighted by molar-refractivity contribution is 6.03. The first-order valence-corrected chi connectivity index (χ1v) is 6.01. The van der Waals surface area contributed by atoms with E-state index in [0.717, 1.165) is 0 Å². The van der Waals surface area contributed by atoms with Gasteiger partial charge in [0.05, 0.1) is 6.54 Å². The molecule has 0 fully saturated rings. The number of amides is 1. The van der Waals surface area contributed by atoms with Crippen LogP contribution in [-0.2, 0) is 6.54 Å². The maximum absolute atomic E-state index is 12.4. The fourth-order valence-corrected chi connectivity index (χ4v) is 1.86. The number of carbonyl (C=O) groups excluding carboxylic acids is 1. The Balaban J connectivity index is 2.15. The molecular weight excluding hydrogens is 266 g/mol. The topological polar surface area (TPSA) is 54.3 Å². The van der Waals surface area contributed by atoms with Gasteiger partial charge in [-0.1, -0.05) is 0 Å². The lowest BCUT2D eigenvalue weighted by Gasteiger charge is -2.10. The molecule has 0 aliphatic carbocycles. The third kappa shape index (κ3) is 3.14. The number of halogens is 2. The number of nitrogens with zero attached hydrogens (tertiary/aromatic N) is 1. The highest BCUT2D eigenvalue weighted by Gasteiger charge is 2.14. The summed E-state index contributed by atoms with van der Waals surface area (Å²) in [6, 6.07) is 7.63. The van der Waals surface area contributed by atoms with Crippen LogP contribution in [0.3, 0.4) is 0 Å². The van der Waals surface area contributed by atoms with E-state index in [2.05, 4.69) is 5.32 Å². The Morgan fingerprint density at radius 3 is 2.80 bits per heavy atom. The maximum Gasteiger partial charge on any atom is 0.272 e. The van der Waals surface area contributed by atoms with Gasteiger partial charge >= 0.3 is 0 Å². The quantitative estimate of drug-likeness (QED) is 0.846. The van der Waals surface area contributed by atoms with Crippen molar-refractivity contribution in [1.82, 2.24) is 4.57 Å². The van der Waals surface area contributed by atoms with Crippen LogP contribution in [0, 0.1) is 6.92 Å². The summed E-state index contributed by atoms with van der Waals surface area (Å²) in [5, 5.41) is 12.0. The van der Waals surface area contributed by atoms with E-state index in [9.17, 15) is 18.7 Å². The maximum atomic E-state index is 12.4. The fraction of sp³-hybridized carbons (Fsp3) is 0.214. The number of carbonyl (C=O) groups is 1. The van der Waals surface area contributed by atoms with Crippen LogP contribution in [0.2, 0.25) is 0 Å². The highest BCUT2D eigenvalue weighted by atomic mass is 19.3. The summed E-state index contributed by atoms with van der Waals surface area (Å²) < 4.78 is 26.0. The largest absolute Gasteiger partial charge is 0.508 e. The number of phenols is 1. The van der Waals surface area contributed by atoms with E-state index in [1.54, 1.807) is 25.1 Å². The average Bonchev–Trinajstić information content (AvgIpc) is 2.81. The van der Waals surface area contributed by atoms with Gasteiger partial charge in [0.15, 0.2) is 0 Å². The van der Waals surface area contributed by atoms with Gasteiger partial charge in [0.1, 0.15) is 11.4 Å². The Kier molecular flexibility index (Phi) is 4.02. The fourth-order valence-electron chi connectivity index (χ4n) is 1.86. The van der Waals surface area contributed by atoms with Crippen molar-refractivity contribution >= 4 is 11.6 Å². The zero-order chi connectivity index (χ0) is 14.7. The minimum Gasteiger partial charge on any atom is -0.508 e. The normalized spacial score (nSPS) is 10.8. The molecule has 6 heteroatoms. The summed E-state index contributed by atoms with van der Waals surface area (Å²) >= 11 is 0. The van der Waals surface area contributed by atoms with Crippen LogP contribution in [-0.4, -0.2) is 22.0 Å². The molecule has 1 heterocycles. The van der Waals surface area contributed by atoms with Crippen molar-refractivity contribution in [1.29, 1.82) is 0 Å². The summed E-state index contributed by atoms with van der Waals surface area (Å²) in [6.45, 7) is 1.18. The van der Waals surface area contributed by atoms with Crippen molar-refractivity contribution in [3.8, 4) is 5.75 Å². The lowest BCUT2D eigenvalue weighted by Crippen LogP contribution is -2.18. The molecule has 4 nitrogen and oxygen atoms in total. The van der Waals surface area contributed by atoms with Crippen LogP contribution in [0.1, 0.15) is 16.1 Å². The molecule has 0 aliphatic heterocycles. The van der Waals surface area contributed by atoms with Gasteiger partial charge in [0.25, 0.3) is 12.3 Å². The smallest absolute Gasteiger partial charge is 0.272 e. The Hall–Kier alpha value is -2.37. The van der Waals surface area contributed by atoms with Gasteiger partial charge in [0.2, 0.25) is 0 Å². The number of hydrogen-bond donors (Lipinski definition) is 2. The van der Waals surface area contributed by atoms with E-state index in [-0.39, 0.29) is 11.4 Å². The molecule has 20 heavy (non-hydrogen) atoms. The first-order valence-electron chi connectivity index (χ1n) is 6.01. The van der Waals surface area contributed by atoms with Gasteiger partial charge in [-0.2, -0.15) is 0 Å². The Bertz CT molecular complexity index is 623. The SMILES string of the molecule is Cc1cc(NC(=O)c2cccn2CC(F)F)ccc1O. The van der Waals surface area contributed by atoms with Crippen molar-refractivity contribution in [2.24, 2.45) is 0 Å². The average molecular weight is 280 g/mol. The van der Waals surface area contributed by atoms with Crippen LogP contribution in [0.4, 0.5) is 14.5 Å². The summed E-state index contributed by atoms with van der Waals surface area (Å²) in [6.07, 6.45) is -1.09. The zero-order valence-electron chi connectivity index (χ0n) is 10.8. The summed E-state index contributed by atoms with van der Waals surface area (Å²) in [5.74, 6) is -0.343. The monoisotopic (exact) mass is 280 g/mol. The molecule has 1 aromatic heterocycles. The number of rotatable bonds is 4. The molecule has 1 amide bonds. The van der Waals surface area contributed by atoms with E-state index in [0.29, 0.717) is 11.3 Å². The van der Waals surface area contributed by atoms with Crippen LogP contribution < -0.4 is 5.32 Å². The van der Waals surface area contributed by atoms with E-state index < -0.39 is 18.9 Å². The van der Waals surface area contributed by atoms with E-state index >= 15 is 0 Å². The minimum absolute atomic E-state index is 0.129. The Morgan fingerprint density at radius 1 is 1.40 bits per heavy atom. The second kappa shape index (κ2) is 5.73. The van der Waals surface area contributed by atoms with Crippen molar-refractivity contribution in [2.75, 3.05) is 5.32 Å². The number of phenolic OH excluding ortho intramolecular Hbond substituents is 1. The minimum atomic E-state index is -2.52. The molecule has 0 unspecified atom stereocenters. The van der Waals surface area contributed by atoms with Crippen molar-refractivity contribution in [3.63, 3.8) is 0 Å². The zero-order valence-corrected chi connectivity index (χ0v) is 10.8. The standard InChI is InChI=1S/C14H14F2N2O2/c1-9-7-10(4-5-12(9)19)17-14(20)11-3-2-6-18(11)8-13(15)16/h2-7,13,19H,8H2,1H3,(H,17,20). The van der Waals surface area contributed by atoms with Gasteiger partial charge in [-0.05, 0) is 42.8 Å². The molecule has 2 aromatic rings. The number of anilines is 1. The number of nitrogens with one attached hydrogen (secondary N) is 1. The number of benzene rings is 1. The van der Waals surface area contributed by atoms with Crippen LogP contribution >= 0.6 is 0 Å². The van der Waals surface area contributed by atoms with Crippen LogP contribution in [0.5, 0.6) is 5.75 Å². The molecule has 0 bridgehead atoms. The van der Waals surface area contributed by atoms with Gasteiger partial charge in [-0.25, -0.2) is 8.78 Å². The molecule has 1 aromatic carbocycles.